The summed E-state index contributed by atoms with van der Waals surface area (Å²) in [4.78, 5) is 17.4. The molecule has 0 fully saturated rings. The number of hydrogen-bond acceptors (Lipinski definition) is 2. The average molecular weight is 294 g/mol. The van der Waals surface area contributed by atoms with E-state index in [1.165, 1.54) is 25.7 Å². The van der Waals surface area contributed by atoms with Crippen molar-refractivity contribution in [1.82, 2.24) is 0 Å². The van der Waals surface area contributed by atoms with Crippen LogP contribution in [0.3, 0.4) is 0 Å². The monoisotopic (exact) mass is 294 g/mol. The van der Waals surface area contributed by atoms with Crippen LogP contribution in [0, 0.1) is 10.8 Å². The summed E-state index contributed by atoms with van der Waals surface area (Å²) >= 11 is 0. The summed E-state index contributed by atoms with van der Waals surface area (Å²) in [7, 11) is -4.32. The molecule has 0 amide bonds. The number of unbranched alkanes of at least 4 members (excludes halogenated alkanes) is 2. The molecule has 0 spiro atoms. The Morgan fingerprint density at radius 1 is 1.00 bits per heavy atom. The van der Waals surface area contributed by atoms with Crippen LogP contribution in [0.5, 0.6) is 0 Å². The van der Waals surface area contributed by atoms with Crippen molar-refractivity contribution in [3.63, 3.8) is 0 Å². The van der Waals surface area contributed by atoms with E-state index in [4.69, 9.17) is 9.79 Å². The third-order valence-corrected chi connectivity index (χ3v) is 3.97. The summed E-state index contributed by atoms with van der Waals surface area (Å²) in [5, 5.41) is 0. The maximum Gasteiger partial charge on any atom is 0.469 e. The lowest BCUT2D eigenvalue weighted by Gasteiger charge is -2.35. The molecular weight excluding hydrogens is 263 g/mol. The first-order chi connectivity index (χ1) is 8.47. The zero-order valence-electron chi connectivity index (χ0n) is 13.1. The van der Waals surface area contributed by atoms with E-state index in [0.29, 0.717) is 6.42 Å². The van der Waals surface area contributed by atoms with Gasteiger partial charge in [-0.1, -0.05) is 53.9 Å². The molecule has 0 aromatic rings. The normalized spacial score (nSPS) is 13.8. The van der Waals surface area contributed by atoms with E-state index in [1.54, 1.807) is 0 Å². The van der Waals surface area contributed by atoms with Crippen molar-refractivity contribution >= 4 is 7.82 Å². The quantitative estimate of drug-likeness (QED) is 0.459. The molecule has 0 rings (SSSR count). The second-order valence-electron chi connectivity index (χ2n) is 7.04. The number of phosphoric ester groups is 1. The molecule has 116 valence electrons. The Kier molecular flexibility index (Phi) is 7.82. The van der Waals surface area contributed by atoms with Crippen LogP contribution in [0.25, 0.3) is 0 Å². The van der Waals surface area contributed by atoms with Gasteiger partial charge in [-0.15, -0.1) is 0 Å². The van der Waals surface area contributed by atoms with Gasteiger partial charge in [-0.05, 0) is 30.1 Å². The van der Waals surface area contributed by atoms with Crippen molar-refractivity contribution in [3.05, 3.63) is 0 Å². The van der Waals surface area contributed by atoms with Crippen molar-refractivity contribution in [3.8, 4) is 0 Å². The van der Waals surface area contributed by atoms with Gasteiger partial charge in [-0.3, -0.25) is 4.52 Å². The first-order valence-corrected chi connectivity index (χ1v) is 8.71. The predicted octanol–water partition coefficient (Wildman–Crippen LogP) is 4.51. The van der Waals surface area contributed by atoms with Gasteiger partial charge in [-0.2, -0.15) is 0 Å². The van der Waals surface area contributed by atoms with Crippen LogP contribution in [0.2, 0.25) is 0 Å². The van der Waals surface area contributed by atoms with Crippen LogP contribution in [0.4, 0.5) is 0 Å². The molecule has 4 nitrogen and oxygen atoms in total. The lowest BCUT2D eigenvalue weighted by Crippen LogP contribution is -2.24. The van der Waals surface area contributed by atoms with Crippen molar-refractivity contribution in [2.24, 2.45) is 10.8 Å². The van der Waals surface area contributed by atoms with Crippen LogP contribution in [0.15, 0.2) is 0 Å². The third kappa shape index (κ3) is 11.6. The van der Waals surface area contributed by atoms with Crippen molar-refractivity contribution in [2.45, 2.75) is 73.1 Å². The highest BCUT2D eigenvalue weighted by Crippen LogP contribution is 2.41. The van der Waals surface area contributed by atoms with Crippen LogP contribution in [-0.2, 0) is 9.09 Å². The van der Waals surface area contributed by atoms with E-state index in [0.717, 1.165) is 6.42 Å². The summed E-state index contributed by atoms with van der Waals surface area (Å²) < 4.78 is 15.2. The summed E-state index contributed by atoms with van der Waals surface area (Å²) in [5.74, 6) is 0. The Morgan fingerprint density at radius 2 is 1.53 bits per heavy atom. The van der Waals surface area contributed by atoms with E-state index in [1.807, 2.05) is 0 Å². The first-order valence-electron chi connectivity index (χ1n) is 7.18. The molecular formula is C14H31O4P. The molecule has 0 aliphatic carbocycles. The second kappa shape index (κ2) is 7.78. The topological polar surface area (TPSA) is 66.8 Å². The van der Waals surface area contributed by atoms with Crippen LogP contribution in [-0.4, -0.2) is 16.4 Å². The molecule has 19 heavy (non-hydrogen) atoms. The molecule has 0 aromatic heterocycles. The van der Waals surface area contributed by atoms with Gasteiger partial charge in [0.1, 0.15) is 0 Å². The van der Waals surface area contributed by atoms with Crippen LogP contribution >= 0.6 is 7.82 Å². The largest absolute Gasteiger partial charge is 0.469 e. The van der Waals surface area contributed by atoms with Gasteiger partial charge in [0.05, 0.1) is 6.61 Å². The highest BCUT2D eigenvalue weighted by molar-refractivity contribution is 7.46. The molecule has 0 saturated heterocycles. The van der Waals surface area contributed by atoms with Crippen LogP contribution < -0.4 is 0 Å². The zero-order chi connectivity index (χ0) is 15.2. The van der Waals surface area contributed by atoms with Gasteiger partial charge < -0.3 is 9.79 Å². The molecule has 0 bridgehead atoms. The van der Waals surface area contributed by atoms with E-state index < -0.39 is 7.82 Å². The van der Waals surface area contributed by atoms with E-state index in [-0.39, 0.29) is 17.4 Å². The summed E-state index contributed by atoms with van der Waals surface area (Å²) in [6.07, 6.45) is 6.65. The Morgan fingerprint density at radius 3 is 2.00 bits per heavy atom. The summed E-state index contributed by atoms with van der Waals surface area (Å²) in [6.45, 7) is 11.1. The highest BCUT2D eigenvalue weighted by atomic mass is 31.2. The van der Waals surface area contributed by atoms with Gasteiger partial charge in [0.25, 0.3) is 0 Å². The Bertz CT molecular complexity index is 294. The number of hydrogen-bond donors (Lipinski definition) is 2. The number of rotatable bonds is 10. The maximum absolute atomic E-state index is 10.6. The highest BCUT2D eigenvalue weighted by Gasteiger charge is 2.29. The standard InChI is InChI=1S/C14H31O4P/c1-6-7-8-9-13(2,3)12-14(4,5)10-11-18-19(15,16)17/h6-12H2,1-5H3,(H2,15,16,17). The Labute approximate surface area is 118 Å². The number of phosphoric acid groups is 1. The average Bonchev–Trinajstić information content (AvgIpc) is 2.12. The minimum absolute atomic E-state index is 0.0326. The SMILES string of the molecule is CCCCCC(C)(C)CC(C)(C)CCOP(=O)(O)O. The molecule has 0 aromatic carbocycles. The first kappa shape index (κ1) is 19.1. The molecule has 0 atom stereocenters. The molecule has 0 heterocycles. The fraction of sp³-hybridized carbons (Fsp3) is 1.00. The molecule has 0 saturated carbocycles. The lowest BCUT2D eigenvalue weighted by molar-refractivity contribution is 0.126. The zero-order valence-corrected chi connectivity index (χ0v) is 14.0. The van der Waals surface area contributed by atoms with Gasteiger partial charge in [0.15, 0.2) is 0 Å². The van der Waals surface area contributed by atoms with E-state index >= 15 is 0 Å². The van der Waals surface area contributed by atoms with Crippen molar-refractivity contribution < 1.29 is 18.9 Å². The van der Waals surface area contributed by atoms with Gasteiger partial charge in [-0.25, -0.2) is 4.57 Å². The molecule has 5 heteroatoms. The summed E-state index contributed by atoms with van der Waals surface area (Å²) in [5.41, 5.74) is 0.297. The Balaban J connectivity index is 4.14. The third-order valence-electron chi connectivity index (χ3n) is 3.45. The fourth-order valence-corrected chi connectivity index (χ4v) is 3.10. The maximum atomic E-state index is 10.6. The predicted molar refractivity (Wildman–Crippen MR) is 78.9 cm³/mol. The van der Waals surface area contributed by atoms with E-state index in [9.17, 15) is 4.57 Å². The van der Waals surface area contributed by atoms with Crippen molar-refractivity contribution in [1.29, 1.82) is 0 Å². The van der Waals surface area contributed by atoms with Crippen LogP contribution in [0.1, 0.15) is 73.1 Å². The fourth-order valence-electron chi connectivity index (χ4n) is 2.77. The van der Waals surface area contributed by atoms with Gasteiger partial charge >= 0.3 is 7.82 Å². The summed E-state index contributed by atoms with van der Waals surface area (Å²) in [6, 6.07) is 0. The molecule has 0 radical (unpaired) electrons. The van der Waals surface area contributed by atoms with E-state index in [2.05, 4.69) is 39.1 Å². The van der Waals surface area contributed by atoms with Gasteiger partial charge in [0.2, 0.25) is 0 Å². The minimum Gasteiger partial charge on any atom is -0.303 e. The lowest BCUT2D eigenvalue weighted by atomic mass is 9.71. The molecule has 0 aliphatic heterocycles. The minimum atomic E-state index is -4.32. The molecule has 0 aliphatic rings. The Hall–Kier alpha value is 0.110. The van der Waals surface area contributed by atoms with Gasteiger partial charge in [0, 0.05) is 0 Å². The smallest absolute Gasteiger partial charge is 0.303 e. The second-order valence-corrected chi connectivity index (χ2v) is 8.28. The molecule has 2 N–H and O–H groups in total. The molecule has 0 unspecified atom stereocenters. The van der Waals surface area contributed by atoms with Crippen molar-refractivity contribution in [2.75, 3.05) is 6.61 Å².